The summed E-state index contributed by atoms with van der Waals surface area (Å²) in [4.78, 5) is 29.2. The number of benzene rings is 4. The van der Waals surface area contributed by atoms with Crippen molar-refractivity contribution < 1.29 is 23.8 Å². The zero-order chi connectivity index (χ0) is 28.9. The first-order valence-electron chi connectivity index (χ1n) is 12.3. The molecule has 0 radical (unpaired) electrons. The molecule has 0 bridgehead atoms. The molecule has 4 aromatic carbocycles. The molecular formula is C31H23BrClN3O5. The van der Waals surface area contributed by atoms with E-state index in [2.05, 4.69) is 31.4 Å². The van der Waals surface area contributed by atoms with Crippen LogP contribution in [-0.4, -0.2) is 37.3 Å². The molecule has 1 aromatic heterocycles. The molecule has 0 fully saturated rings. The molecule has 8 nitrogen and oxygen atoms in total. The molecule has 0 saturated heterocycles. The van der Waals surface area contributed by atoms with E-state index in [1.54, 1.807) is 49.6 Å². The molecule has 5 aromatic rings. The van der Waals surface area contributed by atoms with Gasteiger partial charge < -0.3 is 19.2 Å². The van der Waals surface area contributed by atoms with Crippen molar-refractivity contribution in [3.63, 3.8) is 0 Å². The average molecular weight is 633 g/mol. The van der Waals surface area contributed by atoms with Gasteiger partial charge in [-0.25, -0.2) is 10.2 Å². The monoisotopic (exact) mass is 631 g/mol. The second-order valence-electron chi connectivity index (χ2n) is 8.72. The largest absolute Gasteiger partial charge is 0.495 e. The number of aromatic nitrogens is 1. The Morgan fingerprint density at radius 3 is 2.34 bits per heavy atom. The summed E-state index contributed by atoms with van der Waals surface area (Å²) in [6.07, 6.45) is 1.46. The summed E-state index contributed by atoms with van der Waals surface area (Å²) in [6.45, 7) is 0. The molecule has 41 heavy (non-hydrogen) atoms. The smallest absolute Gasteiger partial charge is 0.345 e. The summed E-state index contributed by atoms with van der Waals surface area (Å²) in [5, 5.41) is 5.25. The number of nitrogens with one attached hydrogen (secondary N) is 2. The van der Waals surface area contributed by atoms with E-state index in [9.17, 15) is 9.59 Å². The lowest BCUT2D eigenvalue weighted by molar-refractivity contribution is 0.0729. The zero-order valence-electron chi connectivity index (χ0n) is 21.9. The maximum atomic E-state index is 13.4. The molecule has 0 aliphatic carbocycles. The molecule has 0 aliphatic rings. The maximum Gasteiger partial charge on any atom is 0.345 e. The zero-order valence-corrected chi connectivity index (χ0v) is 24.2. The number of nitrogens with zero attached hydrogens (tertiary/aromatic N) is 1. The Morgan fingerprint density at radius 2 is 1.61 bits per heavy atom. The number of hydrogen-bond acceptors (Lipinski definition) is 6. The van der Waals surface area contributed by atoms with Crippen molar-refractivity contribution in [3.8, 4) is 28.4 Å². The van der Waals surface area contributed by atoms with Gasteiger partial charge in [-0.1, -0.05) is 70.0 Å². The molecule has 0 unspecified atom stereocenters. The summed E-state index contributed by atoms with van der Waals surface area (Å²) in [5.41, 5.74) is 6.01. The van der Waals surface area contributed by atoms with Crippen molar-refractivity contribution >= 4 is 56.5 Å². The Hall–Kier alpha value is -4.60. The molecule has 0 spiro atoms. The minimum Gasteiger partial charge on any atom is -0.495 e. The third-order valence-corrected chi connectivity index (χ3v) is 7.23. The van der Waals surface area contributed by atoms with E-state index in [-0.39, 0.29) is 16.3 Å². The topological polar surface area (TPSA) is 102 Å². The number of fused-ring (bicyclic) bond motifs is 1. The number of hydrazone groups is 1. The van der Waals surface area contributed by atoms with Gasteiger partial charge in [-0.3, -0.25) is 4.79 Å². The molecule has 10 heteroatoms. The molecular weight excluding hydrogens is 610 g/mol. The summed E-state index contributed by atoms with van der Waals surface area (Å²) >= 11 is 9.73. The van der Waals surface area contributed by atoms with Crippen LogP contribution in [0.15, 0.2) is 94.5 Å². The number of halogens is 2. The van der Waals surface area contributed by atoms with Crippen LogP contribution in [0.1, 0.15) is 26.4 Å². The molecule has 0 atom stereocenters. The van der Waals surface area contributed by atoms with Gasteiger partial charge in [0, 0.05) is 15.4 Å². The van der Waals surface area contributed by atoms with Gasteiger partial charge in [-0.05, 0) is 53.6 Å². The van der Waals surface area contributed by atoms with Gasteiger partial charge in [-0.2, -0.15) is 5.10 Å². The quantitative estimate of drug-likeness (QED) is 0.0812. The summed E-state index contributed by atoms with van der Waals surface area (Å²) in [5.74, 6) is 0.0644. The van der Waals surface area contributed by atoms with Crippen LogP contribution in [0.2, 0.25) is 5.02 Å². The number of hydrogen-bond donors (Lipinski definition) is 2. The van der Waals surface area contributed by atoms with Gasteiger partial charge in [0.2, 0.25) is 0 Å². The minimum atomic E-state index is -0.613. The highest BCUT2D eigenvalue weighted by atomic mass is 79.9. The van der Waals surface area contributed by atoms with E-state index >= 15 is 0 Å². The number of esters is 1. The van der Waals surface area contributed by atoms with Crippen LogP contribution in [0.25, 0.3) is 22.0 Å². The lowest BCUT2D eigenvalue weighted by Crippen LogP contribution is -2.19. The third kappa shape index (κ3) is 5.82. The van der Waals surface area contributed by atoms with Gasteiger partial charge in [-0.15, -0.1) is 0 Å². The molecule has 5 rings (SSSR count). The minimum absolute atomic E-state index is 0.212. The Labute approximate surface area is 249 Å². The number of methoxy groups -OCH3 is 2. The second-order valence-corrected chi connectivity index (χ2v) is 9.98. The van der Waals surface area contributed by atoms with Gasteiger partial charge in [0.1, 0.15) is 11.4 Å². The fourth-order valence-electron chi connectivity index (χ4n) is 4.32. The summed E-state index contributed by atoms with van der Waals surface area (Å²) in [7, 11) is 3.03. The Bertz CT molecular complexity index is 1790. The predicted molar refractivity (Wildman–Crippen MR) is 162 cm³/mol. The van der Waals surface area contributed by atoms with Crippen molar-refractivity contribution in [1.29, 1.82) is 0 Å². The number of amides is 1. The Kier molecular flexibility index (Phi) is 8.37. The Morgan fingerprint density at radius 1 is 0.902 bits per heavy atom. The van der Waals surface area contributed by atoms with Crippen LogP contribution in [-0.2, 0) is 0 Å². The molecule has 206 valence electrons. The molecule has 0 saturated carbocycles. The fourth-order valence-corrected chi connectivity index (χ4v) is 5.07. The van der Waals surface area contributed by atoms with E-state index in [0.29, 0.717) is 33.8 Å². The first kappa shape index (κ1) is 27.9. The summed E-state index contributed by atoms with van der Waals surface area (Å²) in [6, 6.07) is 24.8. The highest BCUT2D eigenvalue weighted by Crippen LogP contribution is 2.40. The standard InChI is InChI=1S/C31H23BrClN3O5/c1-39-24-15-13-21(32)27-26(19-8-4-3-5-9-19)29(35-28(24)27)30(37)36-34-17-18-12-14-23(25(16-18)40-2)41-31(38)20-10-6-7-11-22(20)33/h3-17,35H,1-2H3,(H,36,37). The number of H-pyrrole nitrogens is 1. The lowest BCUT2D eigenvalue weighted by atomic mass is 10.0. The highest BCUT2D eigenvalue weighted by Gasteiger charge is 2.23. The average Bonchev–Trinajstić information content (AvgIpc) is 3.40. The van der Waals surface area contributed by atoms with Crippen molar-refractivity contribution in [3.05, 3.63) is 111 Å². The molecule has 0 aliphatic heterocycles. The van der Waals surface area contributed by atoms with Crippen LogP contribution < -0.4 is 19.6 Å². The van der Waals surface area contributed by atoms with Crippen LogP contribution in [0, 0.1) is 0 Å². The van der Waals surface area contributed by atoms with Crippen molar-refractivity contribution in [2.45, 2.75) is 0 Å². The van der Waals surface area contributed by atoms with E-state index in [0.717, 1.165) is 15.4 Å². The van der Waals surface area contributed by atoms with Gasteiger partial charge >= 0.3 is 5.97 Å². The van der Waals surface area contributed by atoms with Gasteiger partial charge in [0.25, 0.3) is 5.91 Å². The van der Waals surface area contributed by atoms with E-state index < -0.39 is 11.9 Å². The van der Waals surface area contributed by atoms with Crippen molar-refractivity contribution in [2.24, 2.45) is 5.10 Å². The van der Waals surface area contributed by atoms with E-state index in [1.165, 1.54) is 13.3 Å². The van der Waals surface area contributed by atoms with Crippen LogP contribution >= 0.6 is 27.5 Å². The molecule has 1 amide bonds. The Balaban J connectivity index is 1.39. The van der Waals surface area contributed by atoms with Gasteiger partial charge in [0.15, 0.2) is 11.5 Å². The number of carbonyl (C=O) groups excluding carboxylic acids is 2. The lowest BCUT2D eigenvalue weighted by Gasteiger charge is -2.10. The van der Waals surface area contributed by atoms with E-state index in [4.69, 9.17) is 25.8 Å². The molecule has 2 N–H and O–H groups in total. The highest BCUT2D eigenvalue weighted by molar-refractivity contribution is 9.10. The normalized spacial score (nSPS) is 11.0. The SMILES string of the molecule is COc1cc(C=NNC(=O)c2[nH]c3c(OC)ccc(Br)c3c2-c2ccccc2)ccc1OC(=O)c1ccccc1Cl. The van der Waals surface area contributed by atoms with Crippen molar-refractivity contribution in [2.75, 3.05) is 14.2 Å². The van der Waals surface area contributed by atoms with Crippen LogP contribution in [0.4, 0.5) is 0 Å². The van der Waals surface area contributed by atoms with E-state index in [1.807, 2.05) is 42.5 Å². The van der Waals surface area contributed by atoms with Crippen LogP contribution in [0.5, 0.6) is 17.2 Å². The number of aromatic amines is 1. The molecule has 1 heterocycles. The first-order chi connectivity index (χ1) is 19.9. The van der Waals surface area contributed by atoms with Crippen LogP contribution in [0.3, 0.4) is 0 Å². The fraction of sp³-hybridized carbons (Fsp3) is 0.0645. The second kappa shape index (κ2) is 12.3. The number of ether oxygens (including phenoxy) is 3. The summed E-state index contributed by atoms with van der Waals surface area (Å²) < 4.78 is 17.2. The predicted octanol–water partition coefficient (Wildman–Crippen LogP) is 7.25. The maximum absolute atomic E-state index is 13.4. The third-order valence-electron chi connectivity index (χ3n) is 6.24. The van der Waals surface area contributed by atoms with Crippen molar-refractivity contribution in [1.82, 2.24) is 10.4 Å². The first-order valence-corrected chi connectivity index (χ1v) is 13.5. The number of carbonyl (C=O) groups is 2. The number of rotatable bonds is 8. The van der Waals surface area contributed by atoms with Gasteiger partial charge in [0.05, 0.1) is 36.5 Å².